The van der Waals surface area contributed by atoms with Crippen LogP contribution in [0.2, 0.25) is 0 Å². The average molecular weight is 416 g/mol. The maximum absolute atomic E-state index is 0. The van der Waals surface area contributed by atoms with Gasteiger partial charge in [0.2, 0.25) is 0 Å². The minimum absolute atomic E-state index is 0. The SMILES string of the molecule is O.O.O.[SnH2].[SnH2].[SnH2]. The van der Waals surface area contributed by atoms with E-state index >= 15 is 0 Å². The van der Waals surface area contributed by atoms with E-state index in [2.05, 4.69) is 0 Å². The molecule has 0 atom stereocenters. The summed E-state index contributed by atoms with van der Waals surface area (Å²) in [6, 6.07) is 0. The van der Waals surface area contributed by atoms with Crippen molar-refractivity contribution in [3.05, 3.63) is 0 Å². The Balaban J connectivity index is 0. The van der Waals surface area contributed by atoms with Gasteiger partial charge in [0.05, 0.1) is 0 Å². The summed E-state index contributed by atoms with van der Waals surface area (Å²) in [5.41, 5.74) is 0. The van der Waals surface area contributed by atoms with E-state index in [0.717, 1.165) is 0 Å². The van der Waals surface area contributed by atoms with Crippen LogP contribution in [0.1, 0.15) is 0 Å². The molecule has 0 rings (SSSR count). The molecule has 6 heteroatoms. The Morgan fingerprint density at radius 2 is 0.333 bits per heavy atom. The van der Waals surface area contributed by atoms with Gasteiger partial charge in [-0.1, -0.05) is 0 Å². The predicted octanol–water partition coefficient (Wildman–Crippen LogP) is -5.22. The van der Waals surface area contributed by atoms with Crippen LogP contribution in [0.4, 0.5) is 0 Å². The van der Waals surface area contributed by atoms with Gasteiger partial charge in [-0.3, -0.25) is 0 Å². The first-order valence-corrected chi connectivity index (χ1v) is 0. The molecule has 0 aromatic rings. The van der Waals surface area contributed by atoms with E-state index in [1.165, 1.54) is 0 Å². The van der Waals surface area contributed by atoms with Crippen molar-refractivity contribution in [3.8, 4) is 0 Å². The summed E-state index contributed by atoms with van der Waals surface area (Å²) < 4.78 is 0. The quantitative estimate of drug-likeness (QED) is 0.353. The summed E-state index contributed by atoms with van der Waals surface area (Å²) in [6.45, 7) is 0. The van der Waals surface area contributed by atoms with Gasteiger partial charge in [0.15, 0.2) is 0 Å². The Labute approximate surface area is 87.0 Å². The zero-order valence-electron chi connectivity index (χ0n) is 3.62. The zero-order chi connectivity index (χ0) is 0. The van der Waals surface area contributed by atoms with Crippen LogP contribution >= 0.6 is 0 Å². The van der Waals surface area contributed by atoms with Gasteiger partial charge in [-0.05, 0) is 0 Å². The summed E-state index contributed by atoms with van der Waals surface area (Å²) in [7, 11) is 0. The maximum atomic E-state index is 0. The van der Waals surface area contributed by atoms with E-state index in [0.29, 0.717) is 0 Å². The van der Waals surface area contributed by atoms with Gasteiger partial charge in [-0.25, -0.2) is 0 Å². The summed E-state index contributed by atoms with van der Waals surface area (Å²) in [4.78, 5) is 0. The fourth-order valence-electron chi connectivity index (χ4n) is 0. The summed E-state index contributed by atoms with van der Waals surface area (Å²) >= 11 is 0. The molecule has 0 aliphatic carbocycles. The molecular formula is H12O3Sn3. The first-order valence-electron chi connectivity index (χ1n) is 0. The number of hydrogen-bond donors (Lipinski definition) is 0. The first kappa shape index (κ1) is 84.6. The third-order valence-corrected chi connectivity index (χ3v) is 0. The molecule has 0 aromatic heterocycles. The molecule has 42 valence electrons. The molecule has 0 aliphatic heterocycles. The second-order valence-electron chi connectivity index (χ2n) is 0. The van der Waals surface area contributed by atoms with Gasteiger partial charge in [0.1, 0.15) is 0 Å². The zero-order valence-corrected chi connectivity index (χ0v) is 15.7. The van der Waals surface area contributed by atoms with E-state index in [4.69, 9.17) is 0 Å². The molecule has 0 aliphatic rings. The van der Waals surface area contributed by atoms with E-state index in [1.807, 2.05) is 0 Å². The van der Waals surface area contributed by atoms with Gasteiger partial charge in [0.25, 0.3) is 0 Å². The van der Waals surface area contributed by atoms with Crippen LogP contribution in [0.25, 0.3) is 0 Å². The van der Waals surface area contributed by atoms with Crippen molar-refractivity contribution in [2.24, 2.45) is 0 Å². The van der Waals surface area contributed by atoms with E-state index in [-0.39, 0.29) is 88.2 Å². The third-order valence-electron chi connectivity index (χ3n) is 0. The molecular weight excluding hydrogens is 404 g/mol. The average Bonchev–Trinajstić information content (AvgIpc) is 0. The summed E-state index contributed by atoms with van der Waals surface area (Å²) in [6.07, 6.45) is 0. The molecule has 6 radical (unpaired) electrons. The Hall–Kier alpha value is 2.28. The molecule has 0 bridgehead atoms. The van der Waals surface area contributed by atoms with E-state index < -0.39 is 0 Å². The molecule has 0 spiro atoms. The van der Waals surface area contributed by atoms with Crippen LogP contribution in [0.15, 0.2) is 0 Å². The Morgan fingerprint density at radius 1 is 0.333 bits per heavy atom. The third kappa shape index (κ3) is 33.7. The Morgan fingerprint density at radius 3 is 0.333 bits per heavy atom. The van der Waals surface area contributed by atoms with Crippen molar-refractivity contribution in [1.29, 1.82) is 0 Å². The fourth-order valence-corrected chi connectivity index (χ4v) is 0. The molecule has 6 heavy (non-hydrogen) atoms. The standard InChI is InChI=1S/3H2O.3Sn.6H/h3*1H2;;;;;;;;;. The molecule has 0 saturated heterocycles. The molecule has 0 amide bonds. The van der Waals surface area contributed by atoms with Gasteiger partial charge in [0, 0.05) is 0 Å². The van der Waals surface area contributed by atoms with E-state index in [9.17, 15) is 0 Å². The molecule has 3 nitrogen and oxygen atoms in total. The first-order chi connectivity index (χ1) is 0. The molecule has 0 heterocycles. The monoisotopic (exact) mass is 420 g/mol. The van der Waals surface area contributed by atoms with Gasteiger partial charge < -0.3 is 16.4 Å². The van der Waals surface area contributed by atoms with Crippen LogP contribution in [0.3, 0.4) is 0 Å². The van der Waals surface area contributed by atoms with E-state index in [1.54, 1.807) is 0 Å². The van der Waals surface area contributed by atoms with Gasteiger partial charge >= 0.3 is 71.7 Å². The molecule has 0 fully saturated rings. The minimum atomic E-state index is 0. The van der Waals surface area contributed by atoms with Crippen molar-refractivity contribution in [3.63, 3.8) is 0 Å². The van der Waals surface area contributed by atoms with Crippen LogP contribution in [-0.4, -0.2) is 88.2 Å². The van der Waals surface area contributed by atoms with Crippen molar-refractivity contribution < 1.29 is 16.4 Å². The Kier molecular flexibility index (Phi) is 780. The summed E-state index contributed by atoms with van der Waals surface area (Å²) in [5, 5.41) is 0. The molecule has 6 N–H and O–H groups in total. The fraction of sp³-hybridized carbons (Fsp3) is 0. The van der Waals surface area contributed by atoms with Gasteiger partial charge in [-0.15, -0.1) is 0 Å². The van der Waals surface area contributed by atoms with Crippen molar-refractivity contribution in [2.45, 2.75) is 0 Å². The Bertz CT molecular complexity index is 6.00. The second-order valence-corrected chi connectivity index (χ2v) is 0. The van der Waals surface area contributed by atoms with Crippen molar-refractivity contribution >= 4 is 71.7 Å². The molecule has 0 unspecified atom stereocenters. The van der Waals surface area contributed by atoms with Crippen LogP contribution in [0.5, 0.6) is 0 Å². The van der Waals surface area contributed by atoms with Crippen LogP contribution in [0, 0.1) is 0 Å². The van der Waals surface area contributed by atoms with Crippen LogP contribution < -0.4 is 0 Å². The van der Waals surface area contributed by atoms with Crippen molar-refractivity contribution in [2.75, 3.05) is 0 Å². The van der Waals surface area contributed by atoms with Crippen molar-refractivity contribution in [1.82, 2.24) is 0 Å². The number of hydrogen-bond acceptors (Lipinski definition) is 0. The molecule has 0 saturated carbocycles. The normalized spacial score (nSPS) is 0. The molecule has 0 aromatic carbocycles. The van der Waals surface area contributed by atoms with Crippen LogP contribution in [-0.2, 0) is 0 Å². The predicted molar refractivity (Wildman–Crippen MR) is 36.5 cm³/mol. The van der Waals surface area contributed by atoms with Gasteiger partial charge in [-0.2, -0.15) is 0 Å². The second kappa shape index (κ2) is 55.3. The topological polar surface area (TPSA) is 94.5 Å². The summed E-state index contributed by atoms with van der Waals surface area (Å²) in [5.74, 6) is 0. The number of rotatable bonds is 0.